The van der Waals surface area contributed by atoms with Crippen molar-refractivity contribution in [3.63, 3.8) is 0 Å². The molecule has 402 valence electrons. The van der Waals surface area contributed by atoms with Crippen LogP contribution in [0.5, 0.6) is 0 Å². The summed E-state index contributed by atoms with van der Waals surface area (Å²) in [5.74, 6) is -0.225. The van der Waals surface area contributed by atoms with Crippen molar-refractivity contribution >= 4 is 13.7 Å². The zero-order valence-corrected chi connectivity index (χ0v) is 46.5. The van der Waals surface area contributed by atoms with E-state index in [0.29, 0.717) is 17.4 Å². The Hall–Kier alpha value is -3.62. The molecule has 0 aromatic carbocycles. The monoisotopic (exact) mass is 1000 g/mol. The number of phosphoric acid groups is 1. The number of amides is 1. The van der Waals surface area contributed by atoms with E-state index < -0.39 is 26.6 Å². The van der Waals surface area contributed by atoms with Gasteiger partial charge in [-0.2, -0.15) is 0 Å². The summed E-state index contributed by atoms with van der Waals surface area (Å²) in [5.41, 5.74) is 0. The lowest BCUT2D eigenvalue weighted by atomic mass is 10.1. The van der Waals surface area contributed by atoms with Crippen LogP contribution in [0.15, 0.2) is 146 Å². The minimum atomic E-state index is -4.61. The number of quaternary nitrogens is 1. The molecule has 0 saturated heterocycles. The standard InChI is InChI=1S/C62H103N2O6P/c1-6-8-10-12-14-16-18-19-20-21-22-23-24-25-26-27-28-29-30-31-32-33-34-35-36-37-38-39-40-41-42-43-44-45-46-48-50-52-54-56-62(66)63-60(59-70-71(67,68)69-58-57-64(3,4)5)61(65)55-53-51-49-47-17-15-13-11-9-7-2/h8,10,14,16-17,19-20,22-23,25-26,28-29,31-32,34-35,37-38,40-41,47,53,55,60-61,65H,6-7,9,11-13,15,18,21,24,27,30,33,36,39,42-46,48-52,54,56-59H2,1-5H3,(H-,63,66,67,68)/b10-8-,16-14-,20-19-,23-22-,26-25-,29-28-,32-31-,35-34-,38-37-,41-40-,47-17+,55-53+. The first-order valence-electron chi connectivity index (χ1n) is 27.7. The van der Waals surface area contributed by atoms with E-state index >= 15 is 0 Å². The van der Waals surface area contributed by atoms with Gasteiger partial charge < -0.3 is 28.8 Å². The van der Waals surface area contributed by atoms with Gasteiger partial charge in [-0.25, -0.2) is 0 Å². The fourth-order valence-corrected chi connectivity index (χ4v) is 7.68. The predicted molar refractivity (Wildman–Crippen MR) is 306 cm³/mol. The molecule has 0 aliphatic heterocycles. The highest BCUT2D eigenvalue weighted by molar-refractivity contribution is 7.45. The Morgan fingerprint density at radius 2 is 0.873 bits per heavy atom. The molecule has 0 bridgehead atoms. The number of allylic oxidation sites excluding steroid dienone is 23. The maximum atomic E-state index is 12.9. The van der Waals surface area contributed by atoms with Crippen LogP contribution in [0.1, 0.15) is 187 Å². The normalized spacial score (nSPS) is 15.1. The topological polar surface area (TPSA) is 108 Å². The lowest BCUT2D eigenvalue weighted by Crippen LogP contribution is -2.45. The summed E-state index contributed by atoms with van der Waals surface area (Å²) in [6.07, 6.45) is 79.4. The molecule has 3 atom stereocenters. The second-order valence-corrected chi connectivity index (χ2v) is 20.6. The van der Waals surface area contributed by atoms with E-state index in [9.17, 15) is 19.4 Å². The smallest absolute Gasteiger partial charge is 0.268 e. The third-order valence-electron chi connectivity index (χ3n) is 11.3. The highest BCUT2D eigenvalue weighted by Crippen LogP contribution is 2.38. The predicted octanol–water partition coefficient (Wildman–Crippen LogP) is 16.3. The number of nitrogens with zero attached hydrogens (tertiary/aromatic N) is 1. The van der Waals surface area contributed by atoms with Crippen LogP contribution in [0, 0.1) is 0 Å². The van der Waals surface area contributed by atoms with Gasteiger partial charge in [0.25, 0.3) is 7.82 Å². The van der Waals surface area contributed by atoms with Gasteiger partial charge in [0.05, 0.1) is 39.9 Å². The van der Waals surface area contributed by atoms with Crippen molar-refractivity contribution in [3.8, 4) is 0 Å². The van der Waals surface area contributed by atoms with Crippen LogP contribution in [-0.2, 0) is 18.4 Å². The maximum absolute atomic E-state index is 12.9. The minimum Gasteiger partial charge on any atom is -0.756 e. The summed E-state index contributed by atoms with van der Waals surface area (Å²) in [6, 6.07) is -0.916. The van der Waals surface area contributed by atoms with Gasteiger partial charge in [0.15, 0.2) is 0 Å². The van der Waals surface area contributed by atoms with Crippen LogP contribution in [0.25, 0.3) is 0 Å². The van der Waals surface area contributed by atoms with E-state index in [0.717, 1.165) is 116 Å². The van der Waals surface area contributed by atoms with Crippen LogP contribution in [0.4, 0.5) is 0 Å². The molecule has 0 aliphatic rings. The number of rotatable bonds is 48. The molecule has 0 spiro atoms. The zero-order valence-electron chi connectivity index (χ0n) is 45.6. The van der Waals surface area contributed by atoms with Crippen molar-refractivity contribution in [1.82, 2.24) is 5.32 Å². The van der Waals surface area contributed by atoms with Gasteiger partial charge in [-0.15, -0.1) is 0 Å². The van der Waals surface area contributed by atoms with Crippen molar-refractivity contribution in [2.75, 3.05) is 40.9 Å². The summed E-state index contributed by atoms with van der Waals surface area (Å²) < 4.78 is 23.2. The molecule has 0 saturated carbocycles. The molecule has 0 aromatic heterocycles. The van der Waals surface area contributed by atoms with Crippen LogP contribution >= 0.6 is 7.82 Å². The van der Waals surface area contributed by atoms with Crippen molar-refractivity contribution < 1.29 is 32.9 Å². The number of carbonyl (C=O) groups excluding carboxylic acids is 1. The molecule has 0 aromatic rings. The fourth-order valence-electron chi connectivity index (χ4n) is 6.96. The SMILES string of the molecule is CC/C=C\C/C=C\C/C=C\C/C=C\C/C=C\C/C=C\C/C=C\C/C=C\C/C=C\C/C=C\CCCCCCCCCCC(=O)NC(COP(=O)([O-])OCC[N+](C)(C)C)C(O)/C=C/CC/C=C/CCCCCC. The van der Waals surface area contributed by atoms with E-state index in [2.05, 4.69) is 153 Å². The summed E-state index contributed by atoms with van der Waals surface area (Å²) >= 11 is 0. The Bertz CT molecular complexity index is 1660. The molecule has 71 heavy (non-hydrogen) atoms. The van der Waals surface area contributed by atoms with E-state index in [4.69, 9.17) is 9.05 Å². The van der Waals surface area contributed by atoms with Gasteiger partial charge in [0, 0.05) is 6.42 Å². The highest BCUT2D eigenvalue weighted by Gasteiger charge is 2.23. The molecule has 0 fully saturated rings. The van der Waals surface area contributed by atoms with Crippen molar-refractivity contribution in [2.24, 2.45) is 0 Å². The number of phosphoric ester groups is 1. The quantitative estimate of drug-likeness (QED) is 0.0272. The largest absolute Gasteiger partial charge is 0.756 e. The molecule has 8 nitrogen and oxygen atoms in total. The number of aliphatic hydroxyl groups excluding tert-OH is 1. The van der Waals surface area contributed by atoms with Crippen molar-refractivity contribution in [2.45, 2.75) is 199 Å². The Balaban J connectivity index is 4.11. The number of hydrogen-bond acceptors (Lipinski definition) is 6. The first kappa shape index (κ1) is 67.4. The van der Waals surface area contributed by atoms with Crippen molar-refractivity contribution in [3.05, 3.63) is 146 Å². The molecule has 0 aliphatic carbocycles. The number of hydrogen-bond donors (Lipinski definition) is 2. The molecule has 2 N–H and O–H groups in total. The molecular formula is C62H103N2O6P. The Morgan fingerprint density at radius 3 is 1.31 bits per heavy atom. The fraction of sp³-hybridized carbons (Fsp3) is 0.597. The molecule has 9 heteroatoms. The van der Waals surface area contributed by atoms with Gasteiger partial charge in [-0.1, -0.05) is 217 Å². The Labute approximate surface area is 436 Å². The molecule has 0 rings (SSSR count). The van der Waals surface area contributed by atoms with Gasteiger partial charge in [0.2, 0.25) is 5.91 Å². The Morgan fingerprint density at radius 1 is 0.507 bits per heavy atom. The second kappa shape index (κ2) is 51.3. The molecule has 0 radical (unpaired) electrons. The lowest BCUT2D eigenvalue weighted by molar-refractivity contribution is -0.870. The highest BCUT2D eigenvalue weighted by atomic mass is 31.2. The third kappa shape index (κ3) is 54.0. The lowest BCUT2D eigenvalue weighted by Gasteiger charge is -2.29. The van der Waals surface area contributed by atoms with Crippen LogP contribution in [-0.4, -0.2) is 68.5 Å². The van der Waals surface area contributed by atoms with Gasteiger partial charge in [-0.05, 0) is 109 Å². The average molecular weight is 1000 g/mol. The summed E-state index contributed by atoms with van der Waals surface area (Å²) in [6.45, 7) is 4.43. The molecule has 1 amide bonds. The third-order valence-corrected chi connectivity index (χ3v) is 12.2. The first-order chi connectivity index (χ1) is 34.5. The second-order valence-electron chi connectivity index (χ2n) is 19.2. The van der Waals surface area contributed by atoms with E-state index in [1.807, 2.05) is 27.2 Å². The van der Waals surface area contributed by atoms with E-state index in [1.54, 1.807) is 6.08 Å². The van der Waals surface area contributed by atoms with Crippen molar-refractivity contribution in [1.29, 1.82) is 0 Å². The van der Waals surface area contributed by atoms with Gasteiger partial charge >= 0.3 is 0 Å². The summed E-state index contributed by atoms with van der Waals surface area (Å²) in [4.78, 5) is 25.3. The zero-order chi connectivity index (χ0) is 52.0. The summed E-state index contributed by atoms with van der Waals surface area (Å²) in [5, 5.41) is 13.7. The number of likely N-dealkylation sites (N-methyl/N-ethyl adjacent to an activating group) is 1. The average Bonchev–Trinajstić information content (AvgIpc) is 3.33. The first-order valence-corrected chi connectivity index (χ1v) is 29.2. The molecular weight excluding hydrogens is 900 g/mol. The van der Waals surface area contributed by atoms with E-state index in [-0.39, 0.29) is 12.5 Å². The van der Waals surface area contributed by atoms with E-state index in [1.165, 1.54) is 51.4 Å². The number of nitrogens with one attached hydrogen (secondary N) is 1. The van der Waals surface area contributed by atoms with Gasteiger partial charge in [-0.3, -0.25) is 9.36 Å². The molecule has 3 unspecified atom stereocenters. The number of carbonyl (C=O) groups is 1. The maximum Gasteiger partial charge on any atom is 0.268 e. The summed E-state index contributed by atoms with van der Waals surface area (Å²) in [7, 11) is 1.21. The van der Waals surface area contributed by atoms with Crippen LogP contribution in [0.2, 0.25) is 0 Å². The number of aliphatic hydroxyl groups is 1. The number of unbranched alkanes of at least 4 members (excludes halogenated alkanes) is 13. The minimum absolute atomic E-state index is 0.0158. The van der Waals surface area contributed by atoms with Crippen LogP contribution < -0.4 is 10.2 Å². The Kier molecular flexibility index (Phi) is 48.7. The van der Waals surface area contributed by atoms with Gasteiger partial charge in [0.1, 0.15) is 13.2 Å². The molecule has 0 heterocycles. The van der Waals surface area contributed by atoms with Crippen LogP contribution in [0.3, 0.4) is 0 Å².